The minimum absolute atomic E-state index is 0.873. The number of nitrogens with zero attached hydrogens (tertiary/aromatic N) is 1. The zero-order valence-corrected chi connectivity index (χ0v) is 12.9. The Hall–Kier alpha value is -0.860. The fraction of sp³-hybridized carbons (Fsp3) is 0.647. The molecule has 0 aromatic heterocycles. The molecule has 0 saturated carbocycles. The quantitative estimate of drug-likeness (QED) is 0.895. The van der Waals surface area contributed by atoms with E-state index in [4.69, 9.17) is 0 Å². The monoisotopic (exact) mass is 260 g/mol. The lowest BCUT2D eigenvalue weighted by atomic mass is 9.96. The third-order valence-electron chi connectivity index (χ3n) is 4.42. The molecule has 1 heterocycles. The standard InChI is InChI=1S/C17H28N2/c1-13-9-15(3)17(10-14(13)2)12-19(4)11-16-5-7-18-8-6-16/h9-10,16,18H,5-8,11-12H2,1-4H3. The minimum atomic E-state index is 0.873. The van der Waals surface area contributed by atoms with E-state index in [1.54, 1.807) is 0 Å². The predicted molar refractivity (Wildman–Crippen MR) is 82.6 cm³/mol. The van der Waals surface area contributed by atoms with Gasteiger partial charge >= 0.3 is 0 Å². The van der Waals surface area contributed by atoms with Crippen molar-refractivity contribution in [3.8, 4) is 0 Å². The van der Waals surface area contributed by atoms with Gasteiger partial charge in [0, 0.05) is 13.1 Å². The Morgan fingerprint density at radius 3 is 2.37 bits per heavy atom. The molecule has 106 valence electrons. The summed E-state index contributed by atoms with van der Waals surface area (Å²) in [5.41, 5.74) is 5.73. The van der Waals surface area contributed by atoms with Crippen molar-refractivity contribution < 1.29 is 0 Å². The van der Waals surface area contributed by atoms with Crippen molar-refractivity contribution in [2.75, 3.05) is 26.7 Å². The van der Waals surface area contributed by atoms with Gasteiger partial charge in [0.1, 0.15) is 0 Å². The average Bonchev–Trinajstić information content (AvgIpc) is 2.37. The molecule has 2 heteroatoms. The Labute approximate surface area is 118 Å². The van der Waals surface area contributed by atoms with Gasteiger partial charge < -0.3 is 10.2 Å². The first-order valence-corrected chi connectivity index (χ1v) is 7.52. The van der Waals surface area contributed by atoms with Crippen LogP contribution >= 0.6 is 0 Å². The lowest BCUT2D eigenvalue weighted by molar-refractivity contribution is 0.234. The van der Waals surface area contributed by atoms with Crippen molar-refractivity contribution in [1.29, 1.82) is 0 Å². The molecule has 0 bridgehead atoms. The fourth-order valence-corrected chi connectivity index (χ4v) is 3.05. The van der Waals surface area contributed by atoms with Crippen LogP contribution in [0.25, 0.3) is 0 Å². The fourth-order valence-electron chi connectivity index (χ4n) is 3.05. The number of hydrogen-bond donors (Lipinski definition) is 1. The summed E-state index contributed by atoms with van der Waals surface area (Å²) in [5, 5.41) is 3.44. The van der Waals surface area contributed by atoms with Crippen LogP contribution < -0.4 is 5.32 Å². The molecule has 0 spiro atoms. The molecule has 19 heavy (non-hydrogen) atoms. The lowest BCUT2D eigenvalue weighted by Crippen LogP contribution is -2.34. The minimum Gasteiger partial charge on any atom is -0.317 e. The number of hydrogen-bond acceptors (Lipinski definition) is 2. The van der Waals surface area contributed by atoms with Crippen LogP contribution in [0.1, 0.15) is 35.1 Å². The molecule has 1 aliphatic heterocycles. The summed E-state index contributed by atoms with van der Waals surface area (Å²) < 4.78 is 0. The molecular weight excluding hydrogens is 232 g/mol. The highest BCUT2D eigenvalue weighted by Crippen LogP contribution is 2.18. The number of aryl methyl sites for hydroxylation is 3. The zero-order chi connectivity index (χ0) is 13.8. The highest BCUT2D eigenvalue weighted by atomic mass is 15.1. The van der Waals surface area contributed by atoms with Crippen molar-refractivity contribution in [2.45, 2.75) is 40.2 Å². The first kappa shape index (κ1) is 14.5. The van der Waals surface area contributed by atoms with Gasteiger partial charge in [-0.2, -0.15) is 0 Å². The van der Waals surface area contributed by atoms with Gasteiger partial charge in [-0.05, 0) is 81.9 Å². The van der Waals surface area contributed by atoms with E-state index in [0.717, 1.165) is 12.5 Å². The number of benzene rings is 1. The largest absolute Gasteiger partial charge is 0.317 e. The second kappa shape index (κ2) is 6.53. The SMILES string of the molecule is Cc1cc(C)c(CN(C)CC2CCNCC2)cc1C. The van der Waals surface area contributed by atoms with Crippen molar-refractivity contribution in [3.63, 3.8) is 0 Å². The summed E-state index contributed by atoms with van der Waals surface area (Å²) in [6.07, 6.45) is 2.66. The van der Waals surface area contributed by atoms with Gasteiger partial charge in [0.15, 0.2) is 0 Å². The third-order valence-corrected chi connectivity index (χ3v) is 4.42. The van der Waals surface area contributed by atoms with Gasteiger partial charge in [-0.3, -0.25) is 0 Å². The molecule has 0 amide bonds. The first-order chi connectivity index (χ1) is 9.06. The third kappa shape index (κ3) is 4.05. The maximum atomic E-state index is 3.44. The van der Waals surface area contributed by atoms with Crippen LogP contribution in [0.2, 0.25) is 0 Å². The highest BCUT2D eigenvalue weighted by molar-refractivity contribution is 5.36. The second-order valence-electron chi connectivity index (χ2n) is 6.25. The Morgan fingerprint density at radius 1 is 1.05 bits per heavy atom. The molecule has 1 saturated heterocycles. The van der Waals surface area contributed by atoms with Gasteiger partial charge in [0.05, 0.1) is 0 Å². The Bertz CT molecular complexity index is 420. The molecule has 1 aromatic rings. The van der Waals surface area contributed by atoms with Crippen LogP contribution in [-0.2, 0) is 6.54 Å². The topological polar surface area (TPSA) is 15.3 Å². The molecule has 0 unspecified atom stereocenters. The van der Waals surface area contributed by atoms with Crippen LogP contribution in [0, 0.1) is 26.7 Å². The Balaban J connectivity index is 1.94. The van der Waals surface area contributed by atoms with Gasteiger partial charge in [0.2, 0.25) is 0 Å². The second-order valence-corrected chi connectivity index (χ2v) is 6.25. The molecule has 2 nitrogen and oxygen atoms in total. The number of rotatable bonds is 4. The summed E-state index contributed by atoms with van der Waals surface area (Å²) in [7, 11) is 2.26. The molecule has 1 fully saturated rings. The van der Waals surface area contributed by atoms with Crippen molar-refractivity contribution in [1.82, 2.24) is 10.2 Å². The van der Waals surface area contributed by atoms with Gasteiger partial charge in [-0.15, -0.1) is 0 Å². The summed E-state index contributed by atoms with van der Waals surface area (Å²) in [4.78, 5) is 2.49. The summed E-state index contributed by atoms with van der Waals surface area (Å²) in [6, 6.07) is 4.69. The van der Waals surface area contributed by atoms with Crippen molar-refractivity contribution in [2.24, 2.45) is 5.92 Å². The summed E-state index contributed by atoms with van der Waals surface area (Å²) >= 11 is 0. The summed E-state index contributed by atoms with van der Waals surface area (Å²) in [6.45, 7) is 11.4. The van der Waals surface area contributed by atoms with Crippen LogP contribution in [-0.4, -0.2) is 31.6 Å². The summed E-state index contributed by atoms with van der Waals surface area (Å²) in [5.74, 6) is 0.873. The van der Waals surface area contributed by atoms with E-state index in [1.165, 1.54) is 54.7 Å². The molecule has 0 atom stereocenters. The average molecular weight is 260 g/mol. The zero-order valence-electron chi connectivity index (χ0n) is 12.9. The van der Waals surface area contributed by atoms with Crippen LogP contribution in [0.15, 0.2) is 12.1 Å². The van der Waals surface area contributed by atoms with Crippen molar-refractivity contribution >= 4 is 0 Å². The normalized spacial score (nSPS) is 17.1. The van der Waals surface area contributed by atoms with Gasteiger partial charge in [0.25, 0.3) is 0 Å². The lowest BCUT2D eigenvalue weighted by Gasteiger charge is -2.28. The molecule has 1 N–H and O–H groups in total. The van der Waals surface area contributed by atoms with E-state index < -0.39 is 0 Å². The smallest absolute Gasteiger partial charge is 0.0233 e. The Kier molecular flexibility index (Phi) is 5.00. The highest BCUT2D eigenvalue weighted by Gasteiger charge is 2.15. The van der Waals surface area contributed by atoms with Gasteiger partial charge in [-0.25, -0.2) is 0 Å². The number of piperidine rings is 1. The molecular formula is C17H28N2. The Morgan fingerprint density at radius 2 is 1.68 bits per heavy atom. The van der Waals surface area contributed by atoms with E-state index in [2.05, 4.69) is 50.2 Å². The van der Waals surface area contributed by atoms with Gasteiger partial charge in [-0.1, -0.05) is 12.1 Å². The van der Waals surface area contributed by atoms with Crippen LogP contribution in [0.3, 0.4) is 0 Å². The predicted octanol–water partition coefficient (Wildman–Crippen LogP) is 3.04. The van der Waals surface area contributed by atoms with Crippen LogP contribution in [0.5, 0.6) is 0 Å². The maximum Gasteiger partial charge on any atom is 0.0233 e. The molecule has 1 aromatic carbocycles. The number of nitrogens with one attached hydrogen (secondary N) is 1. The van der Waals surface area contributed by atoms with Crippen LogP contribution in [0.4, 0.5) is 0 Å². The first-order valence-electron chi connectivity index (χ1n) is 7.52. The molecule has 0 aliphatic carbocycles. The molecule has 0 radical (unpaired) electrons. The van der Waals surface area contributed by atoms with E-state index in [9.17, 15) is 0 Å². The van der Waals surface area contributed by atoms with E-state index >= 15 is 0 Å². The van der Waals surface area contributed by atoms with E-state index in [0.29, 0.717) is 0 Å². The maximum absolute atomic E-state index is 3.44. The van der Waals surface area contributed by atoms with E-state index in [1.807, 2.05) is 0 Å². The van der Waals surface area contributed by atoms with Crippen molar-refractivity contribution in [3.05, 3.63) is 34.4 Å². The molecule has 2 rings (SSSR count). The molecule has 1 aliphatic rings. The van der Waals surface area contributed by atoms with E-state index in [-0.39, 0.29) is 0 Å².